The predicted molar refractivity (Wildman–Crippen MR) is 158 cm³/mol. The Morgan fingerprint density at radius 1 is 1.02 bits per heavy atom. The largest absolute Gasteiger partial charge is 0.395 e. The minimum atomic E-state index is -1.10. The van der Waals surface area contributed by atoms with Crippen LogP contribution < -0.4 is 26.6 Å². The molecule has 0 spiro atoms. The first-order valence-electron chi connectivity index (χ1n) is 13.1. The van der Waals surface area contributed by atoms with Crippen LogP contribution in [0.25, 0.3) is 11.1 Å². The summed E-state index contributed by atoms with van der Waals surface area (Å²) < 4.78 is 0. The van der Waals surface area contributed by atoms with Crippen molar-refractivity contribution < 1.29 is 19.5 Å². The van der Waals surface area contributed by atoms with Crippen molar-refractivity contribution in [2.75, 3.05) is 23.8 Å². The first-order valence-corrected chi connectivity index (χ1v) is 14.1. The zero-order valence-corrected chi connectivity index (χ0v) is 23.5. The molecular weight excluding hydrogens is 526 g/mol. The second-order valence-electron chi connectivity index (χ2n) is 10.1. The fraction of sp³-hybridized carbons (Fsp3) is 0.300. The van der Waals surface area contributed by atoms with Gasteiger partial charge in [-0.2, -0.15) is 0 Å². The Bertz CT molecular complexity index is 1360. The van der Waals surface area contributed by atoms with Crippen molar-refractivity contribution in [3.05, 3.63) is 83.9 Å². The van der Waals surface area contributed by atoms with Gasteiger partial charge in [0.25, 0.3) is 5.91 Å². The second-order valence-corrected chi connectivity index (χ2v) is 11.2. The molecule has 210 valence electrons. The number of hydrogen-bond donors (Lipinski definition) is 5. The number of carbonyl (C=O) groups excluding carboxylic acids is 3. The average Bonchev–Trinajstić information content (AvgIpc) is 3.07. The molecule has 9 nitrogen and oxygen atoms in total. The predicted octanol–water partition coefficient (Wildman–Crippen LogP) is 3.01. The highest BCUT2D eigenvalue weighted by Gasteiger charge is 2.34. The van der Waals surface area contributed by atoms with Crippen LogP contribution >= 0.6 is 11.8 Å². The normalized spacial score (nSPS) is 15.2. The van der Waals surface area contributed by atoms with Crippen molar-refractivity contribution in [2.45, 2.75) is 43.4 Å². The van der Waals surface area contributed by atoms with Crippen molar-refractivity contribution >= 4 is 35.3 Å². The number of anilines is 1. The number of fused-ring (bicyclic) bond motifs is 1. The van der Waals surface area contributed by atoms with Crippen molar-refractivity contribution in [3.8, 4) is 11.1 Å². The van der Waals surface area contributed by atoms with Crippen LogP contribution in [0.5, 0.6) is 0 Å². The Kier molecular flexibility index (Phi) is 9.46. The summed E-state index contributed by atoms with van der Waals surface area (Å²) in [5.74, 6) is -0.147. The van der Waals surface area contributed by atoms with Gasteiger partial charge < -0.3 is 31.7 Å². The van der Waals surface area contributed by atoms with Crippen LogP contribution in [0.1, 0.15) is 25.0 Å². The molecule has 40 heavy (non-hydrogen) atoms. The molecule has 0 saturated heterocycles. The zero-order valence-electron chi connectivity index (χ0n) is 22.6. The minimum Gasteiger partial charge on any atom is -0.395 e. The van der Waals surface area contributed by atoms with E-state index in [2.05, 4.69) is 16.0 Å². The van der Waals surface area contributed by atoms with Gasteiger partial charge in [0.15, 0.2) is 0 Å². The van der Waals surface area contributed by atoms with Crippen molar-refractivity contribution in [2.24, 2.45) is 5.73 Å². The quantitative estimate of drug-likeness (QED) is 0.272. The van der Waals surface area contributed by atoms with E-state index in [0.29, 0.717) is 18.8 Å². The number of rotatable bonds is 9. The van der Waals surface area contributed by atoms with Gasteiger partial charge in [-0.05, 0) is 48.2 Å². The third-order valence-corrected chi connectivity index (χ3v) is 7.63. The Morgan fingerprint density at radius 3 is 2.45 bits per heavy atom. The lowest BCUT2D eigenvalue weighted by molar-refractivity contribution is -0.129. The summed E-state index contributed by atoms with van der Waals surface area (Å²) in [7, 11) is 0. The van der Waals surface area contributed by atoms with Gasteiger partial charge in [-0.3, -0.25) is 9.59 Å². The van der Waals surface area contributed by atoms with E-state index in [9.17, 15) is 14.4 Å². The second kappa shape index (κ2) is 13.0. The number of amides is 4. The third kappa shape index (κ3) is 7.20. The summed E-state index contributed by atoms with van der Waals surface area (Å²) in [4.78, 5) is 40.9. The molecule has 4 amide bonds. The van der Waals surface area contributed by atoms with E-state index >= 15 is 0 Å². The maximum atomic E-state index is 13.7. The molecule has 0 unspecified atom stereocenters. The Hall–Kier alpha value is -3.86. The topological polar surface area (TPSA) is 137 Å². The van der Waals surface area contributed by atoms with Crippen LogP contribution in [-0.4, -0.2) is 53.4 Å². The third-order valence-electron chi connectivity index (χ3n) is 6.48. The summed E-state index contributed by atoms with van der Waals surface area (Å²) in [5, 5.41) is 17.1. The maximum absolute atomic E-state index is 13.7. The van der Waals surface area contributed by atoms with Gasteiger partial charge in [-0.25, -0.2) is 4.79 Å². The molecule has 4 rings (SSSR count). The molecule has 0 fully saturated rings. The summed E-state index contributed by atoms with van der Waals surface area (Å²) in [6.07, 6.45) is 0. The number of aliphatic hydroxyl groups is 1. The molecule has 0 saturated carbocycles. The number of nitrogens with zero attached hydrogens (tertiary/aromatic N) is 1. The minimum absolute atomic E-state index is 0.120. The number of nitrogens with one attached hydrogen (secondary N) is 3. The van der Waals surface area contributed by atoms with Gasteiger partial charge in [-0.15, -0.1) is 11.8 Å². The molecule has 1 aliphatic heterocycles. The van der Waals surface area contributed by atoms with Crippen LogP contribution in [-0.2, 0) is 22.7 Å². The maximum Gasteiger partial charge on any atom is 0.315 e. The summed E-state index contributed by atoms with van der Waals surface area (Å²) in [5.41, 5.74) is 9.52. The number of para-hydroxylation sites is 1. The fourth-order valence-corrected chi connectivity index (χ4v) is 5.37. The van der Waals surface area contributed by atoms with Gasteiger partial charge in [0.05, 0.1) is 24.4 Å². The highest BCUT2D eigenvalue weighted by atomic mass is 32.2. The van der Waals surface area contributed by atoms with E-state index in [1.807, 2.05) is 72.8 Å². The number of carbonyl (C=O) groups is 3. The molecule has 10 heteroatoms. The van der Waals surface area contributed by atoms with Crippen molar-refractivity contribution in [1.82, 2.24) is 16.0 Å². The molecule has 0 aromatic heterocycles. The smallest absolute Gasteiger partial charge is 0.315 e. The molecule has 6 N–H and O–H groups in total. The number of nitrogens with two attached hydrogens (primary N) is 1. The first-order chi connectivity index (χ1) is 19.2. The van der Waals surface area contributed by atoms with Gasteiger partial charge >= 0.3 is 6.03 Å². The van der Waals surface area contributed by atoms with Crippen LogP contribution in [0.15, 0.2) is 77.7 Å². The number of thioether (sulfide) groups is 1. The molecule has 3 aromatic rings. The van der Waals surface area contributed by atoms with Gasteiger partial charge in [0.2, 0.25) is 5.91 Å². The number of hydrogen-bond acceptors (Lipinski definition) is 6. The molecule has 0 aliphatic carbocycles. The Balaban J connectivity index is 1.54. The summed E-state index contributed by atoms with van der Waals surface area (Å²) in [6, 6.07) is 22.5. The fourth-order valence-electron chi connectivity index (χ4n) is 4.30. The van der Waals surface area contributed by atoms with Crippen molar-refractivity contribution in [1.29, 1.82) is 0 Å². The van der Waals surface area contributed by atoms with Gasteiger partial charge in [0, 0.05) is 23.7 Å². The lowest BCUT2D eigenvalue weighted by Gasteiger charge is -2.28. The summed E-state index contributed by atoms with van der Waals surface area (Å²) >= 11 is 1.54. The van der Waals surface area contributed by atoms with Crippen LogP contribution in [0.2, 0.25) is 0 Å². The summed E-state index contributed by atoms with van der Waals surface area (Å²) in [6.45, 7) is 3.97. The molecule has 0 radical (unpaired) electrons. The first kappa shape index (κ1) is 29.1. The van der Waals surface area contributed by atoms with Crippen LogP contribution in [0.4, 0.5) is 10.5 Å². The van der Waals surface area contributed by atoms with E-state index in [1.54, 1.807) is 18.7 Å². The molecule has 3 aromatic carbocycles. The molecule has 1 aliphatic rings. The number of aliphatic hydroxyl groups excluding tert-OH is 1. The van der Waals surface area contributed by atoms with Gasteiger partial charge in [-0.1, -0.05) is 60.7 Å². The zero-order chi connectivity index (χ0) is 28.7. The van der Waals surface area contributed by atoms with E-state index in [0.717, 1.165) is 32.8 Å². The Morgan fingerprint density at radius 2 is 1.73 bits per heavy atom. The standard InChI is InChI=1S/C30H35N5O4S/c1-30(2,31)28(38)34-24-19-40-26-10-6-5-9-25(26)35(27(24)37)18-20-11-13-21(14-12-20)23-8-4-3-7-22(23)17-33-29(39)32-15-16-36/h3-14,24,36H,15-19,31H2,1-2H3,(H,34,38)(H2,32,33,39)/t24-/m1/s1. The van der Waals surface area contributed by atoms with E-state index < -0.39 is 11.6 Å². The lowest BCUT2D eigenvalue weighted by Crippen LogP contribution is -2.56. The van der Waals surface area contributed by atoms with Crippen molar-refractivity contribution in [3.63, 3.8) is 0 Å². The van der Waals surface area contributed by atoms with E-state index in [-0.39, 0.29) is 31.0 Å². The van der Waals surface area contributed by atoms with E-state index in [1.165, 1.54) is 11.8 Å². The molecule has 1 atom stereocenters. The molecule has 0 bridgehead atoms. The van der Waals surface area contributed by atoms with Crippen LogP contribution in [0, 0.1) is 0 Å². The highest BCUT2D eigenvalue weighted by Crippen LogP contribution is 2.35. The lowest BCUT2D eigenvalue weighted by atomic mass is 9.98. The van der Waals surface area contributed by atoms with Gasteiger partial charge in [0.1, 0.15) is 6.04 Å². The Labute approximate surface area is 238 Å². The monoisotopic (exact) mass is 561 g/mol. The van der Waals surface area contributed by atoms with Crippen LogP contribution in [0.3, 0.4) is 0 Å². The van der Waals surface area contributed by atoms with E-state index in [4.69, 9.17) is 10.8 Å². The molecule has 1 heterocycles. The molecular formula is C30H35N5O4S. The SMILES string of the molecule is CC(C)(N)C(=O)N[C@@H]1CSc2ccccc2N(Cc2ccc(-c3ccccc3CNC(=O)NCCO)cc2)C1=O. The average molecular weight is 562 g/mol. The number of benzene rings is 3. The number of urea groups is 1. The highest BCUT2D eigenvalue weighted by molar-refractivity contribution is 7.99.